The highest BCUT2D eigenvalue weighted by molar-refractivity contribution is 9.10. The van der Waals surface area contributed by atoms with E-state index >= 15 is 0 Å². The molecule has 106 valence electrons. The molecule has 0 saturated carbocycles. The molecule has 1 unspecified atom stereocenters. The Balaban J connectivity index is 2.11. The van der Waals surface area contributed by atoms with Gasteiger partial charge < -0.3 is 5.11 Å². The van der Waals surface area contributed by atoms with Gasteiger partial charge in [-0.15, -0.1) is 11.8 Å². The van der Waals surface area contributed by atoms with Crippen LogP contribution in [0.3, 0.4) is 0 Å². The Bertz CT molecular complexity index is 592. The Morgan fingerprint density at radius 3 is 2.65 bits per heavy atom. The van der Waals surface area contributed by atoms with Crippen LogP contribution >= 0.6 is 27.7 Å². The normalized spacial score (nSPS) is 12.4. The van der Waals surface area contributed by atoms with Crippen LogP contribution in [-0.2, 0) is 0 Å². The van der Waals surface area contributed by atoms with Gasteiger partial charge in [-0.05, 0) is 49.2 Å². The van der Waals surface area contributed by atoms with Gasteiger partial charge in [0, 0.05) is 20.7 Å². The third-order valence-corrected chi connectivity index (χ3v) is 4.58. The first kappa shape index (κ1) is 15.5. The predicted molar refractivity (Wildman–Crippen MR) is 85.7 cm³/mol. The molecule has 0 heterocycles. The third kappa shape index (κ3) is 3.84. The van der Waals surface area contributed by atoms with Gasteiger partial charge >= 0.3 is 0 Å². The van der Waals surface area contributed by atoms with Gasteiger partial charge in [0.05, 0.1) is 6.10 Å². The van der Waals surface area contributed by atoms with Gasteiger partial charge in [0.15, 0.2) is 0 Å². The fourth-order valence-corrected chi connectivity index (χ4v) is 3.62. The lowest BCUT2D eigenvalue weighted by atomic mass is 10.0. The van der Waals surface area contributed by atoms with Crippen molar-refractivity contribution in [1.82, 2.24) is 0 Å². The minimum Gasteiger partial charge on any atom is -0.387 e. The van der Waals surface area contributed by atoms with Gasteiger partial charge in [-0.3, -0.25) is 0 Å². The lowest BCUT2D eigenvalue weighted by molar-refractivity contribution is 0.198. The largest absolute Gasteiger partial charge is 0.387 e. The topological polar surface area (TPSA) is 20.2 Å². The van der Waals surface area contributed by atoms with Crippen LogP contribution in [0.15, 0.2) is 45.8 Å². The van der Waals surface area contributed by atoms with E-state index in [4.69, 9.17) is 0 Å². The summed E-state index contributed by atoms with van der Waals surface area (Å²) < 4.78 is 15.0. The summed E-state index contributed by atoms with van der Waals surface area (Å²) in [6, 6.07) is 11.2. The smallest absolute Gasteiger partial charge is 0.129 e. The number of aryl methyl sites for hydroxylation is 2. The number of hydrogen-bond donors (Lipinski definition) is 1. The monoisotopic (exact) mass is 354 g/mol. The van der Waals surface area contributed by atoms with Crippen molar-refractivity contribution in [3.8, 4) is 0 Å². The third-order valence-electron chi connectivity index (χ3n) is 3.02. The lowest BCUT2D eigenvalue weighted by Gasteiger charge is -2.15. The zero-order valence-corrected chi connectivity index (χ0v) is 13.8. The molecule has 2 rings (SSSR count). The number of rotatable bonds is 4. The molecule has 0 spiro atoms. The van der Waals surface area contributed by atoms with E-state index in [1.807, 2.05) is 44.2 Å². The molecule has 0 saturated heterocycles. The van der Waals surface area contributed by atoms with Crippen LogP contribution in [0.1, 0.15) is 22.8 Å². The molecule has 0 fully saturated rings. The first-order chi connectivity index (χ1) is 9.47. The van der Waals surface area contributed by atoms with E-state index in [0.717, 1.165) is 20.5 Å². The van der Waals surface area contributed by atoms with Gasteiger partial charge in [-0.2, -0.15) is 0 Å². The van der Waals surface area contributed by atoms with Crippen LogP contribution in [0.4, 0.5) is 4.39 Å². The minimum atomic E-state index is -0.806. The Kier molecular flexibility index (Phi) is 5.24. The van der Waals surface area contributed by atoms with Crippen LogP contribution in [0.25, 0.3) is 0 Å². The lowest BCUT2D eigenvalue weighted by Crippen LogP contribution is -2.06. The molecule has 0 aromatic heterocycles. The van der Waals surface area contributed by atoms with Gasteiger partial charge in [0.2, 0.25) is 0 Å². The van der Waals surface area contributed by atoms with Crippen LogP contribution in [0.5, 0.6) is 0 Å². The maximum absolute atomic E-state index is 14.0. The average molecular weight is 355 g/mol. The summed E-state index contributed by atoms with van der Waals surface area (Å²) in [6.45, 7) is 3.68. The van der Waals surface area contributed by atoms with Crippen LogP contribution in [-0.4, -0.2) is 10.9 Å². The predicted octanol–water partition coefficient (Wildman–Crippen LogP) is 5.03. The molecule has 1 nitrogen and oxygen atoms in total. The molecule has 0 amide bonds. The second-order valence-electron chi connectivity index (χ2n) is 4.76. The first-order valence-electron chi connectivity index (χ1n) is 6.30. The molecule has 0 radical (unpaired) electrons. The van der Waals surface area contributed by atoms with E-state index in [1.54, 1.807) is 0 Å². The van der Waals surface area contributed by atoms with Crippen molar-refractivity contribution in [3.05, 3.63) is 63.4 Å². The summed E-state index contributed by atoms with van der Waals surface area (Å²) in [5, 5.41) is 10.2. The molecule has 2 aromatic rings. The Hall–Kier alpha value is -0.840. The molecular weight excluding hydrogens is 339 g/mol. The molecule has 0 aliphatic rings. The zero-order chi connectivity index (χ0) is 14.7. The van der Waals surface area contributed by atoms with E-state index in [2.05, 4.69) is 15.9 Å². The van der Waals surface area contributed by atoms with Crippen LogP contribution < -0.4 is 0 Å². The van der Waals surface area contributed by atoms with E-state index in [-0.39, 0.29) is 5.82 Å². The van der Waals surface area contributed by atoms with Gasteiger partial charge in [0.1, 0.15) is 5.82 Å². The number of hydrogen-bond acceptors (Lipinski definition) is 2. The Labute approximate surface area is 131 Å². The highest BCUT2D eigenvalue weighted by atomic mass is 79.9. The fraction of sp³-hybridized carbons (Fsp3) is 0.250. The van der Waals surface area contributed by atoms with Gasteiger partial charge in [-0.25, -0.2) is 4.39 Å². The van der Waals surface area contributed by atoms with Crippen molar-refractivity contribution < 1.29 is 9.50 Å². The van der Waals surface area contributed by atoms with E-state index < -0.39 is 6.10 Å². The van der Waals surface area contributed by atoms with Crippen molar-refractivity contribution in [2.75, 3.05) is 5.75 Å². The zero-order valence-electron chi connectivity index (χ0n) is 11.4. The highest BCUT2D eigenvalue weighted by Gasteiger charge is 2.16. The SMILES string of the molecule is Cc1cc(C)c(C(O)CSc2cccc(Br)c2)c(F)c1. The standard InChI is InChI=1S/C16H16BrFOS/c1-10-6-11(2)16(14(18)7-10)15(19)9-20-13-5-3-4-12(17)8-13/h3-8,15,19H,9H2,1-2H3. The highest BCUT2D eigenvalue weighted by Crippen LogP contribution is 2.29. The fourth-order valence-electron chi connectivity index (χ4n) is 2.16. The Morgan fingerprint density at radius 1 is 1.25 bits per heavy atom. The van der Waals surface area contributed by atoms with Crippen molar-refractivity contribution in [1.29, 1.82) is 0 Å². The van der Waals surface area contributed by atoms with Crippen molar-refractivity contribution in [3.63, 3.8) is 0 Å². The maximum atomic E-state index is 14.0. The molecule has 1 atom stereocenters. The molecule has 2 aromatic carbocycles. The molecule has 20 heavy (non-hydrogen) atoms. The molecule has 0 aliphatic heterocycles. The maximum Gasteiger partial charge on any atom is 0.129 e. The molecule has 0 bridgehead atoms. The Morgan fingerprint density at radius 2 is 2.00 bits per heavy atom. The van der Waals surface area contributed by atoms with Gasteiger partial charge in [0.25, 0.3) is 0 Å². The molecule has 4 heteroatoms. The summed E-state index contributed by atoms with van der Waals surface area (Å²) >= 11 is 4.92. The minimum absolute atomic E-state index is 0.329. The summed E-state index contributed by atoms with van der Waals surface area (Å²) in [7, 11) is 0. The van der Waals surface area contributed by atoms with Crippen LogP contribution in [0.2, 0.25) is 0 Å². The van der Waals surface area contributed by atoms with E-state index in [1.165, 1.54) is 17.8 Å². The second-order valence-corrected chi connectivity index (χ2v) is 6.77. The van der Waals surface area contributed by atoms with Gasteiger partial charge in [-0.1, -0.05) is 28.1 Å². The van der Waals surface area contributed by atoms with Crippen molar-refractivity contribution >= 4 is 27.7 Å². The number of benzene rings is 2. The summed E-state index contributed by atoms with van der Waals surface area (Å²) in [5.41, 5.74) is 2.07. The van der Waals surface area contributed by atoms with E-state index in [9.17, 15) is 9.50 Å². The number of aliphatic hydroxyl groups is 1. The van der Waals surface area contributed by atoms with E-state index in [0.29, 0.717) is 11.3 Å². The van der Waals surface area contributed by atoms with Crippen molar-refractivity contribution in [2.24, 2.45) is 0 Å². The number of aliphatic hydroxyl groups excluding tert-OH is 1. The second kappa shape index (κ2) is 6.74. The molecule has 0 aliphatic carbocycles. The summed E-state index contributed by atoms with van der Waals surface area (Å²) in [5.74, 6) is 0.0990. The first-order valence-corrected chi connectivity index (χ1v) is 8.08. The summed E-state index contributed by atoms with van der Waals surface area (Å²) in [4.78, 5) is 1.04. The summed E-state index contributed by atoms with van der Waals surface area (Å²) in [6.07, 6.45) is -0.806. The number of thioether (sulfide) groups is 1. The van der Waals surface area contributed by atoms with Crippen LogP contribution in [0, 0.1) is 19.7 Å². The quantitative estimate of drug-likeness (QED) is 0.777. The molecular formula is C16H16BrFOS. The molecule has 1 N–H and O–H groups in total. The number of halogens is 2. The average Bonchev–Trinajstić information content (AvgIpc) is 2.35. The van der Waals surface area contributed by atoms with Crippen molar-refractivity contribution in [2.45, 2.75) is 24.8 Å².